The van der Waals surface area contributed by atoms with Gasteiger partial charge in [0, 0.05) is 11.1 Å². The molecule has 3 aromatic rings. The predicted octanol–water partition coefficient (Wildman–Crippen LogP) is 5.85. The van der Waals surface area contributed by atoms with E-state index in [0.717, 1.165) is 5.56 Å². The Balaban J connectivity index is 1.82. The quantitative estimate of drug-likeness (QED) is 0.0416. The van der Waals surface area contributed by atoms with Crippen LogP contribution in [-0.2, 0) is 28.5 Å². The molecule has 0 aliphatic carbocycles. The second-order valence-corrected chi connectivity index (χ2v) is 10.3. The molecule has 1 atom stereocenters. The molecule has 10 nitrogen and oxygen atoms in total. The minimum absolute atomic E-state index is 0.0371. The van der Waals surface area contributed by atoms with Gasteiger partial charge in [-0.1, -0.05) is 44.0 Å². The third-order valence-corrected chi connectivity index (χ3v) is 6.28. The highest BCUT2D eigenvalue weighted by molar-refractivity contribution is 5.94. The largest absolute Gasteiger partial charge is 0.460 e. The van der Waals surface area contributed by atoms with Gasteiger partial charge in [-0.05, 0) is 91.1 Å². The molecule has 0 aliphatic rings. The van der Waals surface area contributed by atoms with E-state index in [1.807, 2.05) is 6.07 Å². The van der Waals surface area contributed by atoms with Crippen molar-refractivity contribution in [3.63, 3.8) is 0 Å². The molecule has 0 amide bonds. The van der Waals surface area contributed by atoms with Gasteiger partial charge in [0.15, 0.2) is 6.29 Å². The second kappa shape index (κ2) is 16.7. The molecule has 0 fully saturated rings. The summed E-state index contributed by atoms with van der Waals surface area (Å²) in [6.45, 7) is 15.0. The van der Waals surface area contributed by atoms with E-state index in [4.69, 9.17) is 23.7 Å². The maximum atomic E-state index is 13.1. The summed E-state index contributed by atoms with van der Waals surface area (Å²) in [6.07, 6.45) is -1.16. The molecule has 3 rings (SSSR count). The van der Waals surface area contributed by atoms with Crippen molar-refractivity contribution in [1.29, 1.82) is 0 Å². The van der Waals surface area contributed by atoms with Crippen LogP contribution in [0.15, 0.2) is 103 Å². The molecule has 1 N–H and O–H groups in total. The van der Waals surface area contributed by atoms with Crippen molar-refractivity contribution >= 4 is 23.9 Å². The molecule has 3 aromatic carbocycles. The van der Waals surface area contributed by atoms with Gasteiger partial charge in [-0.15, -0.1) is 0 Å². The maximum absolute atomic E-state index is 13.1. The van der Waals surface area contributed by atoms with Crippen molar-refractivity contribution in [2.45, 2.75) is 27.1 Å². The van der Waals surface area contributed by atoms with Crippen molar-refractivity contribution in [1.82, 2.24) is 0 Å². The van der Waals surface area contributed by atoms with Crippen LogP contribution in [0.25, 0.3) is 22.3 Å². The van der Waals surface area contributed by atoms with Gasteiger partial charge in [-0.3, -0.25) is 0 Å². The van der Waals surface area contributed by atoms with Gasteiger partial charge in [0.2, 0.25) is 0 Å². The van der Waals surface area contributed by atoms with Crippen LogP contribution in [0.5, 0.6) is 5.75 Å². The Hall–Kier alpha value is -5.32. The molecule has 0 saturated carbocycles. The maximum Gasteiger partial charge on any atom is 0.338 e. The van der Waals surface area contributed by atoms with E-state index in [1.165, 1.54) is 6.92 Å². The lowest BCUT2D eigenvalue weighted by Crippen LogP contribution is -2.18. The number of benzene rings is 3. The number of aliphatic hydroxyl groups is 1. The van der Waals surface area contributed by atoms with E-state index in [2.05, 4.69) is 19.7 Å². The van der Waals surface area contributed by atoms with Crippen molar-refractivity contribution in [3.8, 4) is 28.0 Å². The molecule has 240 valence electrons. The summed E-state index contributed by atoms with van der Waals surface area (Å²) in [6, 6.07) is 18.5. The summed E-state index contributed by atoms with van der Waals surface area (Å²) < 4.78 is 26.0. The third-order valence-electron chi connectivity index (χ3n) is 6.28. The number of carbonyl (C=O) groups is 4. The number of hydrogen-bond donors (Lipinski definition) is 1. The van der Waals surface area contributed by atoms with Crippen molar-refractivity contribution in [3.05, 3.63) is 114 Å². The smallest absolute Gasteiger partial charge is 0.338 e. The van der Waals surface area contributed by atoms with Crippen molar-refractivity contribution < 1.29 is 48.0 Å². The number of hydrogen-bond acceptors (Lipinski definition) is 10. The van der Waals surface area contributed by atoms with Gasteiger partial charge in [0.25, 0.3) is 0 Å². The van der Waals surface area contributed by atoms with Crippen LogP contribution in [-0.4, -0.2) is 61.7 Å². The molecule has 10 heteroatoms. The first-order valence-electron chi connectivity index (χ1n) is 14.2. The van der Waals surface area contributed by atoms with E-state index in [9.17, 15) is 24.3 Å². The summed E-state index contributed by atoms with van der Waals surface area (Å²) >= 11 is 0. The number of esters is 4. The van der Waals surface area contributed by atoms with Crippen LogP contribution in [0.4, 0.5) is 0 Å². The first kappa shape index (κ1) is 35.2. The van der Waals surface area contributed by atoms with E-state index in [0.29, 0.717) is 28.0 Å². The van der Waals surface area contributed by atoms with Gasteiger partial charge < -0.3 is 28.8 Å². The fraction of sp³-hybridized carbons (Fsp3) is 0.222. The van der Waals surface area contributed by atoms with E-state index >= 15 is 0 Å². The molecule has 0 radical (unpaired) electrons. The zero-order valence-electron chi connectivity index (χ0n) is 26.0. The van der Waals surface area contributed by atoms with Crippen LogP contribution in [0, 0.1) is 0 Å². The summed E-state index contributed by atoms with van der Waals surface area (Å²) in [7, 11) is 0. The van der Waals surface area contributed by atoms with E-state index in [1.54, 1.807) is 74.5 Å². The minimum Gasteiger partial charge on any atom is -0.460 e. The number of rotatable bonds is 15. The van der Waals surface area contributed by atoms with Crippen molar-refractivity contribution in [2.75, 3.05) is 26.4 Å². The lowest BCUT2D eigenvalue weighted by Gasteiger charge is -2.13. The topological polar surface area (TPSA) is 135 Å². The fourth-order valence-corrected chi connectivity index (χ4v) is 3.78. The Bertz CT molecular complexity index is 1620. The molecule has 46 heavy (non-hydrogen) atoms. The summed E-state index contributed by atoms with van der Waals surface area (Å²) in [4.78, 5) is 48.9. The van der Waals surface area contributed by atoms with Crippen LogP contribution >= 0.6 is 0 Å². The van der Waals surface area contributed by atoms with Gasteiger partial charge >= 0.3 is 23.9 Å². The predicted molar refractivity (Wildman–Crippen MR) is 171 cm³/mol. The first-order chi connectivity index (χ1) is 21.8. The van der Waals surface area contributed by atoms with E-state index in [-0.39, 0.29) is 48.7 Å². The Morgan fingerprint density at radius 1 is 0.609 bits per heavy atom. The molecule has 0 heterocycles. The monoisotopic (exact) mass is 628 g/mol. The molecular weight excluding hydrogens is 592 g/mol. The molecule has 0 aromatic heterocycles. The molecule has 0 bridgehead atoms. The summed E-state index contributed by atoms with van der Waals surface area (Å²) in [5.74, 6) is -1.99. The zero-order chi connectivity index (χ0) is 33.8. The molecular formula is C36H36O10. The number of aliphatic hydroxyl groups excluding tert-OH is 1. The standard InChI is InChI=1S/C36H36O10/c1-22(2)32(37)42-15-17-44-35(40)27-9-7-25(8-10-27)28-19-29(26-11-13-31(14-12-26)46-34(39)24(5)6)21-30(20-28)36(41)45-18-16-43-33(38)23(3)4/h7-14,19-21,33,38H,1,3,5,15-18H2,2,4,6H3. The number of ether oxygens (including phenoxy) is 5. The van der Waals surface area contributed by atoms with Crippen LogP contribution in [0.2, 0.25) is 0 Å². The SMILES string of the molecule is C=C(C)C(=O)OCCOC(=O)c1ccc(-c2cc(C(=O)OCCOC(O)C(=C)C)cc(-c3ccc(OC(=O)C(=C)C)cc3)c2)cc1. The Labute approximate surface area is 267 Å². The Morgan fingerprint density at radius 3 is 1.61 bits per heavy atom. The summed E-state index contributed by atoms with van der Waals surface area (Å²) in [5, 5.41) is 9.73. The van der Waals surface area contributed by atoms with E-state index < -0.39 is 30.2 Å². The second-order valence-electron chi connectivity index (χ2n) is 10.3. The highest BCUT2D eigenvalue weighted by Gasteiger charge is 2.15. The first-order valence-corrected chi connectivity index (χ1v) is 14.2. The Morgan fingerprint density at radius 2 is 1.09 bits per heavy atom. The van der Waals surface area contributed by atoms with Crippen LogP contribution in [0.1, 0.15) is 41.5 Å². The highest BCUT2D eigenvalue weighted by Crippen LogP contribution is 2.30. The normalized spacial score (nSPS) is 11.1. The van der Waals surface area contributed by atoms with Gasteiger partial charge in [-0.2, -0.15) is 0 Å². The van der Waals surface area contributed by atoms with Crippen LogP contribution < -0.4 is 4.74 Å². The highest BCUT2D eigenvalue weighted by atomic mass is 16.6. The fourth-order valence-electron chi connectivity index (χ4n) is 3.78. The third kappa shape index (κ3) is 10.4. The molecule has 0 saturated heterocycles. The zero-order valence-corrected chi connectivity index (χ0v) is 26.0. The minimum atomic E-state index is -1.16. The average Bonchev–Trinajstić information content (AvgIpc) is 3.04. The molecule has 0 aliphatic heterocycles. The Kier molecular flexibility index (Phi) is 12.7. The lowest BCUT2D eigenvalue weighted by molar-refractivity contribution is -0.140. The van der Waals surface area contributed by atoms with Gasteiger partial charge in [0.05, 0.1) is 17.7 Å². The average molecular weight is 629 g/mol. The van der Waals surface area contributed by atoms with Gasteiger partial charge in [0.1, 0.15) is 25.6 Å². The summed E-state index contributed by atoms with van der Waals surface area (Å²) in [5.41, 5.74) is 4.22. The van der Waals surface area contributed by atoms with Crippen molar-refractivity contribution in [2.24, 2.45) is 0 Å². The molecule has 1 unspecified atom stereocenters. The lowest BCUT2D eigenvalue weighted by atomic mass is 9.95. The van der Waals surface area contributed by atoms with Crippen LogP contribution in [0.3, 0.4) is 0 Å². The van der Waals surface area contributed by atoms with Gasteiger partial charge in [-0.25, -0.2) is 19.2 Å². The number of carbonyl (C=O) groups excluding carboxylic acids is 4. The molecule has 0 spiro atoms.